The Bertz CT molecular complexity index is 1200. The molecule has 1 saturated heterocycles. The number of rotatable bonds is 8. The SMILES string of the molecule is CCOc1ccc(Oc2ccccc2NC(=O)c2ccc(S(=O)(=O)N3CCCCC3)o2)cc1. The summed E-state index contributed by atoms with van der Waals surface area (Å²) in [4.78, 5) is 12.8. The first-order valence-corrected chi connectivity index (χ1v) is 12.3. The lowest BCUT2D eigenvalue weighted by Gasteiger charge is -2.24. The second kappa shape index (κ2) is 10.1. The molecular weight excluding hydrogens is 444 g/mol. The number of nitrogens with zero attached hydrogens (tertiary/aromatic N) is 1. The highest BCUT2D eigenvalue weighted by atomic mass is 32.2. The van der Waals surface area contributed by atoms with Crippen LogP contribution in [0.1, 0.15) is 36.7 Å². The highest BCUT2D eigenvalue weighted by molar-refractivity contribution is 7.89. The fourth-order valence-electron chi connectivity index (χ4n) is 3.55. The van der Waals surface area contributed by atoms with Crippen LogP contribution in [0.3, 0.4) is 0 Å². The largest absolute Gasteiger partial charge is 0.494 e. The maximum Gasteiger partial charge on any atom is 0.291 e. The van der Waals surface area contributed by atoms with Gasteiger partial charge in [0.05, 0.1) is 12.3 Å². The Morgan fingerprint density at radius 3 is 2.39 bits per heavy atom. The van der Waals surface area contributed by atoms with Crippen LogP contribution in [0, 0.1) is 0 Å². The van der Waals surface area contributed by atoms with E-state index in [-0.39, 0.29) is 10.9 Å². The summed E-state index contributed by atoms with van der Waals surface area (Å²) in [6.07, 6.45) is 2.65. The molecule has 1 aromatic heterocycles. The first kappa shape index (κ1) is 22.9. The van der Waals surface area contributed by atoms with E-state index in [1.54, 1.807) is 48.5 Å². The van der Waals surface area contributed by atoms with Crippen molar-refractivity contribution in [2.45, 2.75) is 31.3 Å². The van der Waals surface area contributed by atoms with Gasteiger partial charge in [0, 0.05) is 13.1 Å². The van der Waals surface area contributed by atoms with Gasteiger partial charge < -0.3 is 19.2 Å². The van der Waals surface area contributed by atoms with Crippen LogP contribution < -0.4 is 14.8 Å². The Hall–Kier alpha value is -3.30. The van der Waals surface area contributed by atoms with Crippen molar-refractivity contribution in [1.29, 1.82) is 0 Å². The summed E-state index contributed by atoms with van der Waals surface area (Å²) in [5.74, 6) is 1.08. The van der Waals surface area contributed by atoms with Gasteiger partial charge in [-0.3, -0.25) is 4.79 Å². The van der Waals surface area contributed by atoms with E-state index in [1.165, 1.54) is 16.4 Å². The molecule has 2 heterocycles. The molecule has 0 aliphatic carbocycles. The van der Waals surface area contributed by atoms with Crippen LogP contribution in [0.4, 0.5) is 5.69 Å². The van der Waals surface area contributed by atoms with Crippen LogP contribution in [0.2, 0.25) is 0 Å². The summed E-state index contributed by atoms with van der Waals surface area (Å²) in [5, 5.41) is 2.50. The average molecular weight is 471 g/mol. The van der Waals surface area contributed by atoms with Crippen LogP contribution in [-0.2, 0) is 10.0 Å². The molecule has 0 saturated carbocycles. The fraction of sp³-hybridized carbons (Fsp3) is 0.292. The van der Waals surface area contributed by atoms with Gasteiger partial charge in [0.15, 0.2) is 11.5 Å². The Kier molecular flexibility index (Phi) is 7.00. The third kappa shape index (κ3) is 5.37. The summed E-state index contributed by atoms with van der Waals surface area (Å²) < 4.78 is 43.7. The monoisotopic (exact) mass is 470 g/mol. The summed E-state index contributed by atoms with van der Waals surface area (Å²) >= 11 is 0. The Morgan fingerprint density at radius 2 is 1.67 bits per heavy atom. The molecule has 8 nitrogen and oxygen atoms in total. The zero-order chi connectivity index (χ0) is 23.3. The molecule has 1 N–H and O–H groups in total. The first-order valence-electron chi connectivity index (χ1n) is 10.9. The van der Waals surface area contributed by atoms with E-state index in [0.29, 0.717) is 36.9 Å². The van der Waals surface area contributed by atoms with E-state index in [2.05, 4.69) is 5.32 Å². The predicted octanol–water partition coefficient (Wildman–Crippen LogP) is 4.90. The van der Waals surface area contributed by atoms with Crippen molar-refractivity contribution < 1.29 is 27.1 Å². The quantitative estimate of drug-likeness (QED) is 0.503. The number of hydrogen-bond acceptors (Lipinski definition) is 6. The number of para-hydroxylation sites is 2. The molecule has 1 fully saturated rings. The van der Waals surface area contributed by atoms with Gasteiger partial charge in [-0.15, -0.1) is 0 Å². The number of piperidine rings is 1. The molecule has 1 amide bonds. The Morgan fingerprint density at radius 1 is 0.970 bits per heavy atom. The molecule has 0 atom stereocenters. The van der Waals surface area contributed by atoms with E-state index in [9.17, 15) is 13.2 Å². The molecule has 0 spiro atoms. The van der Waals surface area contributed by atoms with Gasteiger partial charge in [-0.2, -0.15) is 4.31 Å². The number of anilines is 1. The number of sulfonamides is 1. The van der Waals surface area contributed by atoms with E-state index >= 15 is 0 Å². The molecule has 1 aliphatic rings. The number of nitrogens with one attached hydrogen (secondary N) is 1. The van der Waals surface area contributed by atoms with Crippen molar-refractivity contribution in [3.63, 3.8) is 0 Å². The lowest BCUT2D eigenvalue weighted by Crippen LogP contribution is -2.35. The molecule has 1 aliphatic heterocycles. The number of carbonyl (C=O) groups is 1. The molecule has 9 heteroatoms. The number of benzene rings is 2. The number of carbonyl (C=O) groups excluding carboxylic acids is 1. The van der Waals surface area contributed by atoms with Crippen molar-refractivity contribution in [1.82, 2.24) is 4.31 Å². The van der Waals surface area contributed by atoms with Gasteiger partial charge in [0.2, 0.25) is 5.09 Å². The minimum Gasteiger partial charge on any atom is -0.494 e. The molecule has 2 aromatic carbocycles. The lowest BCUT2D eigenvalue weighted by atomic mass is 10.2. The van der Waals surface area contributed by atoms with Crippen molar-refractivity contribution in [2.24, 2.45) is 0 Å². The predicted molar refractivity (Wildman–Crippen MR) is 123 cm³/mol. The lowest BCUT2D eigenvalue weighted by molar-refractivity contribution is 0.0991. The highest BCUT2D eigenvalue weighted by Gasteiger charge is 2.29. The topological polar surface area (TPSA) is 98.1 Å². The molecule has 4 rings (SSSR count). The number of hydrogen-bond donors (Lipinski definition) is 1. The van der Waals surface area contributed by atoms with Gasteiger partial charge in [-0.05, 0) is 68.3 Å². The van der Waals surface area contributed by atoms with Crippen molar-refractivity contribution in [3.05, 3.63) is 66.4 Å². The van der Waals surface area contributed by atoms with Gasteiger partial charge in [-0.25, -0.2) is 8.42 Å². The zero-order valence-electron chi connectivity index (χ0n) is 18.3. The van der Waals surface area contributed by atoms with Crippen LogP contribution in [0.25, 0.3) is 0 Å². The van der Waals surface area contributed by atoms with Crippen LogP contribution in [0.5, 0.6) is 17.2 Å². The van der Waals surface area contributed by atoms with Crippen LogP contribution in [-0.4, -0.2) is 38.3 Å². The smallest absolute Gasteiger partial charge is 0.291 e. The summed E-state index contributed by atoms with van der Waals surface area (Å²) in [6, 6.07) is 16.8. The average Bonchev–Trinajstić information content (AvgIpc) is 3.34. The molecular formula is C24H26N2O6S. The third-order valence-electron chi connectivity index (χ3n) is 5.21. The van der Waals surface area contributed by atoms with Gasteiger partial charge in [0.1, 0.15) is 11.5 Å². The summed E-state index contributed by atoms with van der Waals surface area (Å²) in [7, 11) is -3.75. The number of ether oxygens (including phenoxy) is 2. The van der Waals surface area contributed by atoms with Crippen molar-refractivity contribution in [3.8, 4) is 17.2 Å². The van der Waals surface area contributed by atoms with Crippen molar-refractivity contribution in [2.75, 3.05) is 25.0 Å². The minimum absolute atomic E-state index is 0.0959. The molecule has 33 heavy (non-hydrogen) atoms. The van der Waals surface area contributed by atoms with Gasteiger partial charge in [-0.1, -0.05) is 18.6 Å². The minimum atomic E-state index is -3.75. The fourth-order valence-corrected chi connectivity index (χ4v) is 4.98. The Labute approximate surface area is 193 Å². The van der Waals surface area contributed by atoms with E-state index in [4.69, 9.17) is 13.9 Å². The second-order valence-electron chi connectivity index (χ2n) is 7.54. The van der Waals surface area contributed by atoms with E-state index < -0.39 is 15.9 Å². The van der Waals surface area contributed by atoms with Crippen molar-refractivity contribution >= 4 is 21.6 Å². The summed E-state index contributed by atoms with van der Waals surface area (Å²) in [5.41, 5.74) is 0.424. The second-order valence-corrected chi connectivity index (χ2v) is 9.41. The molecule has 0 bridgehead atoms. The maximum atomic E-state index is 12.8. The van der Waals surface area contributed by atoms with Crippen LogP contribution in [0.15, 0.2) is 70.2 Å². The standard InChI is InChI=1S/C24H26N2O6S/c1-2-30-18-10-12-19(13-11-18)31-21-9-5-4-8-20(21)25-24(27)22-14-15-23(32-22)33(28,29)26-16-6-3-7-17-26/h4-5,8-15H,2-3,6-7,16-17H2,1H3,(H,25,27). The van der Waals surface area contributed by atoms with Gasteiger partial charge in [0.25, 0.3) is 15.9 Å². The molecule has 174 valence electrons. The molecule has 0 radical (unpaired) electrons. The van der Waals surface area contributed by atoms with E-state index in [0.717, 1.165) is 25.0 Å². The zero-order valence-corrected chi connectivity index (χ0v) is 19.1. The molecule has 0 unspecified atom stereocenters. The number of furan rings is 1. The first-order chi connectivity index (χ1) is 16.0. The summed E-state index contributed by atoms with van der Waals surface area (Å²) in [6.45, 7) is 3.40. The van der Waals surface area contributed by atoms with Crippen LogP contribution >= 0.6 is 0 Å². The Balaban J connectivity index is 1.47. The third-order valence-corrected chi connectivity index (χ3v) is 6.99. The highest BCUT2D eigenvalue weighted by Crippen LogP contribution is 2.31. The van der Waals surface area contributed by atoms with Gasteiger partial charge >= 0.3 is 0 Å². The number of amides is 1. The van der Waals surface area contributed by atoms with E-state index in [1.807, 2.05) is 6.92 Å². The maximum absolute atomic E-state index is 12.8. The molecule has 3 aromatic rings. The normalized spacial score (nSPS) is 14.6.